The van der Waals surface area contributed by atoms with Gasteiger partial charge in [0.25, 0.3) is 5.91 Å². The molecule has 1 fully saturated rings. The Balaban J connectivity index is 2.23. The van der Waals surface area contributed by atoms with Crippen molar-refractivity contribution in [1.29, 1.82) is 0 Å². The lowest BCUT2D eigenvalue weighted by Gasteiger charge is -2.44. The first-order chi connectivity index (χ1) is 8.40. The summed E-state index contributed by atoms with van der Waals surface area (Å²) in [6.07, 6.45) is 1.21. The number of hydrogen-bond acceptors (Lipinski definition) is 2. The van der Waals surface area contributed by atoms with Crippen LogP contribution in [-0.4, -0.2) is 34.1 Å². The predicted octanol–water partition coefficient (Wildman–Crippen LogP) is 2.37. The van der Waals surface area contributed by atoms with Crippen molar-refractivity contribution in [2.24, 2.45) is 0 Å². The SMILES string of the molecule is Cc1ccc(C(=O)N2CC(O)CCC2(C)C)cc1. The van der Waals surface area contributed by atoms with Gasteiger partial charge in [-0.2, -0.15) is 0 Å². The van der Waals surface area contributed by atoms with E-state index in [1.807, 2.05) is 31.2 Å². The highest BCUT2D eigenvalue weighted by molar-refractivity contribution is 5.94. The van der Waals surface area contributed by atoms with Crippen LogP contribution in [0.1, 0.15) is 42.6 Å². The van der Waals surface area contributed by atoms with Crippen molar-refractivity contribution < 1.29 is 9.90 Å². The Labute approximate surface area is 108 Å². The molecule has 1 aliphatic heterocycles. The first-order valence-corrected chi connectivity index (χ1v) is 6.47. The largest absolute Gasteiger partial charge is 0.391 e. The van der Waals surface area contributed by atoms with Gasteiger partial charge in [0.15, 0.2) is 0 Å². The third kappa shape index (κ3) is 2.56. The summed E-state index contributed by atoms with van der Waals surface area (Å²) in [5, 5.41) is 9.76. The number of aryl methyl sites for hydroxylation is 1. The van der Waals surface area contributed by atoms with Gasteiger partial charge in [-0.15, -0.1) is 0 Å². The van der Waals surface area contributed by atoms with Crippen molar-refractivity contribution in [2.45, 2.75) is 45.3 Å². The molecule has 0 aliphatic carbocycles. The quantitative estimate of drug-likeness (QED) is 0.827. The van der Waals surface area contributed by atoms with E-state index in [2.05, 4.69) is 13.8 Å². The highest BCUT2D eigenvalue weighted by Crippen LogP contribution is 2.29. The minimum Gasteiger partial charge on any atom is -0.391 e. The molecule has 1 aromatic carbocycles. The van der Waals surface area contributed by atoms with Crippen LogP contribution in [0.25, 0.3) is 0 Å². The second-order valence-corrected chi connectivity index (χ2v) is 5.79. The van der Waals surface area contributed by atoms with Gasteiger partial charge in [-0.3, -0.25) is 4.79 Å². The van der Waals surface area contributed by atoms with Gasteiger partial charge in [-0.1, -0.05) is 17.7 Å². The van der Waals surface area contributed by atoms with Gasteiger partial charge in [-0.25, -0.2) is 0 Å². The first kappa shape index (κ1) is 13.1. The van der Waals surface area contributed by atoms with Gasteiger partial charge in [0, 0.05) is 17.6 Å². The predicted molar refractivity (Wildman–Crippen MR) is 71.5 cm³/mol. The maximum Gasteiger partial charge on any atom is 0.254 e. The Morgan fingerprint density at radius 1 is 1.33 bits per heavy atom. The van der Waals surface area contributed by atoms with E-state index in [0.717, 1.165) is 18.4 Å². The number of benzene rings is 1. The van der Waals surface area contributed by atoms with Crippen LogP contribution in [0, 0.1) is 6.92 Å². The van der Waals surface area contributed by atoms with E-state index in [9.17, 15) is 9.90 Å². The summed E-state index contributed by atoms with van der Waals surface area (Å²) in [6, 6.07) is 7.60. The van der Waals surface area contributed by atoms with Crippen molar-refractivity contribution >= 4 is 5.91 Å². The van der Waals surface area contributed by atoms with Crippen molar-refractivity contribution in [3.05, 3.63) is 35.4 Å². The number of rotatable bonds is 1. The Bertz CT molecular complexity index is 436. The molecule has 3 heteroatoms. The molecule has 0 spiro atoms. The van der Waals surface area contributed by atoms with E-state index in [-0.39, 0.29) is 11.4 Å². The number of likely N-dealkylation sites (tertiary alicyclic amines) is 1. The molecule has 1 unspecified atom stereocenters. The third-order valence-electron chi connectivity index (χ3n) is 3.76. The molecule has 0 aromatic heterocycles. The standard InChI is InChI=1S/C15H21NO2/c1-11-4-6-12(7-5-11)14(18)16-10-13(17)8-9-15(16,2)3/h4-7,13,17H,8-10H2,1-3H3. The Kier molecular flexibility index (Phi) is 3.44. The maximum atomic E-state index is 12.5. The molecule has 1 aliphatic rings. The first-order valence-electron chi connectivity index (χ1n) is 6.47. The van der Waals surface area contributed by atoms with Gasteiger partial charge in [0.2, 0.25) is 0 Å². The Morgan fingerprint density at radius 2 is 1.94 bits per heavy atom. The van der Waals surface area contributed by atoms with Gasteiger partial charge >= 0.3 is 0 Å². The lowest BCUT2D eigenvalue weighted by molar-refractivity contribution is 0.00154. The van der Waals surface area contributed by atoms with E-state index < -0.39 is 6.10 Å². The molecule has 1 saturated heterocycles. The molecule has 18 heavy (non-hydrogen) atoms. The fraction of sp³-hybridized carbons (Fsp3) is 0.533. The Morgan fingerprint density at radius 3 is 2.56 bits per heavy atom. The van der Waals surface area contributed by atoms with Crippen LogP contribution < -0.4 is 0 Å². The fourth-order valence-electron chi connectivity index (χ4n) is 2.41. The number of nitrogens with zero attached hydrogens (tertiary/aromatic N) is 1. The zero-order valence-electron chi connectivity index (χ0n) is 11.3. The lowest BCUT2D eigenvalue weighted by atomic mass is 9.88. The number of hydrogen-bond donors (Lipinski definition) is 1. The number of carbonyl (C=O) groups excluding carboxylic acids is 1. The van der Waals surface area contributed by atoms with Crippen LogP contribution in [0.3, 0.4) is 0 Å². The second-order valence-electron chi connectivity index (χ2n) is 5.79. The summed E-state index contributed by atoms with van der Waals surface area (Å²) >= 11 is 0. The molecule has 0 bridgehead atoms. The number of amides is 1. The Hall–Kier alpha value is -1.35. The van der Waals surface area contributed by atoms with Crippen LogP contribution in [-0.2, 0) is 0 Å². The maximum absolute atomic E-state index is 12.5. The molecule has 98 valence electrons. The minimum absolute atomic E-state index is 0.0127. The van der Waals surface area contributed by atoms with Gasteiger partial charge in [-0.05, 0) is 45.7 Å². The molecule has 1 aromatic rings. The molecular weight excluding hydrogens is 226 g/mol. The normalized spacial score (nSPS) is 22.9. The van der Waals surface area contributed by atoms with Crippen LogP contribution >= 0.6 is 0 Å². The van der Waals surface area contributed by atoms with E-state index in [0.29, 0.717) is 12.1 Å². The molecule has 2 rings (SSSR count). The molecule has 0 radical (unpaired) electrons. The molecule has 1 amide bonds. The van der Waals surface area contributed by atoms with E-state index >= 15 is 0 Å². The topological polar surface area (TPSA) is 40.5 Å². The van der Waals surface area contributed by atoms with E-state index in [1.165, 1.54) is 0 Å². The number of β-amino-alcohol motifs (C(OH)–C–C–N with tert-alkyl or cyclic N) is 1. The van der Waals surface area contributed by atoms with Crippen molar-refractivity contribution in [3.63, 3.8) is 0 Å². The molecule has 3 nitrogen and oxygen atoms in total. The van der Waals surface area contributed by atoms with Crippen molar-refractivity contribution in [3.8, 4) is 0 Å². The number of piperidine rings is 1. The van der Waals surface area contributed by atoms with Crippen molar-refractivity contribution in [2.75, 3.05) is 6.54 Å². The average Bonchev–Trinajstić information content (AvgIpc) is 2.32. The van der Waals surface area contributed by atoms with E-state index in [4.69, 9.17) is 0 Å². The summed E-state index contributed by atoms with van der Waals surface area (Å²) in [5.74, 6) is 0.0127. The molecule has 0 saturated carbocycles. The fourth-order valence-corrected chi connectivity index (χ4v) is 2.41. The van der Waals surface area contributed by atoms with Crippen LogP contribution in [0.2, 0.25) is 0 Å². The highest BCUT2D eigenvalue weighted by Gasteiger charge is 2.36. The monoisotopic (exact) mass is 247 g/mol. The smallest absolute Gasteiger partial charge is 0.254 e. The van der Waals surface area contributed by atoms with Crippen LogP contribution in [0.4, 0.5) is 0 Å². The van der Waals surface area contributed by atoms with E-state index in [1.54, 1.807) is 4.90 Å². The zero-order chi connectivity index (χ0) is 13.3. The number of carbonyl (C=O) groups is 1. The molecule has 1 atom stereocenters. The molecule has 1 N–H and O–H groups in total. The van der Waals surface area contributed by atoms with Crippen LogP contribution in [0.15, 0.2) is 24.3 Å². The van der Waals surface area contributed by atoms with Crippen LogP contribution in [0.5, 0.6) is 0 Å². The third-order valence-corrected chi connectivity index (χ3v) is 3.76. The number of aliphatic hydroxyl groups excluding tert-OH is 1. The zero-order valence-corrected chi connectivity index (χ0v) is 11.3. The number of aliphatic hydroxyl groups is 1. The van der Waals surface area contributed by atoms with Gasteiger partial charge in [0.05, 0.1) is 6.10 Å². The summed E-state index contributed by atoms with van der Waals surface area (Å²) in [5.41, 5.74) is 1.66. The molecular formula is C15H21NO2. The summed E-state index contributed by atoms with van der Waals surface area (Å²) in [6.45, 7) is 6.55. The average molecular weight is 247 g/mol. The summed E-state index contributed by atoms with van der Waals surface area (Å²) in [4.78, 5) is 14.3. The summed E-state index contributed by atoms with van der Waals surface area (Å²) < 4.78 is 0. The van der Waals surface area contributed by atoms with Gasteiger partial charge in [0.1, 0.15) is 0 Å². The summed E-state index contributed by atoms with van der Waals surface area (Å²) in [7, 11) is 0. The lowest BCUT2D eigenvalue weighted by Crippen LogP contribution is -2.54. The van der Waals surface area contributed by atoms with Gasteiger partial charge < -0.3 is 10.0 Å². The highest BCUT2D eigenvalue weighted by atomic mass is 16.3. The molecule has 1 heterocycles. The van der Waals surface area contributed by atoms with Crippen molar-refractivity contribution in [1.82, 2.24) is 4.90 Å². The minimum atomic E-state index is -0.396. The second kappa shape index (κ2) is 4.73.